The summed E-state index contributed by atoms with van der Waals surface area (Å²) in [6.07, 6.45) is 0. The minimum absolute atomic E-state index is 0.0510. The van der Waals surface area contributed by atoms with E-state index in [1.807, 2.05) is 58.9 Å². The van der Waals surface area contributed by atoms with Crippen LogP contribution in [0.15, 0.2) is 29.2 Å². The molecular formula is C25H34N3O5S+. The van der Waals surface area contributed by atoms with Crippen molar-refractivity contribution in [2.75, 3.05) is 33.0 Å². The Bertz CT molecular complexity index is 1180. The molecule has 0 aromatic heterocycles. The number of carbonyl (C=O) groups is 1. The summed E-state index contributed by atoms with van der Waals surface area (Å²) in [5.74, 6) is 1.36. The predicted molar refractivity (Wildman–Crippen MR) is 129 cm³/mol. The molecule has 0 saturated carbocycles. The number of carbonyl (C=O) groups excluding carboxylic acids is 1. The van der Waals surface area contributed by atoms with Crippen LogP contribution in [0.4, 0.5) is 0 Å². The van der Waals surface area contributed by atoms with Crippen LogP contribution < -0.4 is 19.7 Å². The largest absolute Gasteiger partial charge is 0.454 e. The molecule has 2 aliphatic rings. The SMILES string of the molecule is Cc1cc(C)c(C)c(S(=O)(=O)N2CC[NH+]([C@H](C)C(=O)NCc3ccc4c(c3)OCO4)CC2)c1C. The van der Waals surface area contributed by atoms with Crippen molar-refractivity contribution in [3.8, 4) is 11.5 Å². The molecule has 0 aliphatic carbocycles. The molecule has 2 heterocycles. The highest BCUT2D eigenvalue weighted by Crippen LogP contribution is 2.32. The molecule has 2 aliphatic heterocycles. The Balaban J connectivity index is 1.36. The van der Waals surface area contributed by atoms with Crippen molar-refractivity contribution in [1.82, 2.24) is 9.62 Å². The van der Waals surface area contributed by atoms with Gasteiger partial charge in [-0.1, -0.05) is 12.1 Å². The summed E-state index contributed by atoms with van der Waals surface area (Å²) in [4.78, 5) is 14.3. The summed E-state index contributed by atoms with van der Waals surface area (Å²) in [6, 6.07) is 7.39. The van der Waals surface area contributed by atoms with Gasteiger partial charge in [0.25, 0.3) is 5.91 Å². The number of benzene rings is 2. The highest BCUT2D eigenvalue weighted by Gasteiger charge is 2.36. The number of fused-ring (bicyclic) bond motifs is 1. The Morgan fingerprint density at radius 3 is 2.29 bits per heavy atom. The molecule has 8 nitrogen and oxygen atoms in total. The van der Waals surface area contributed by atoms with E-state index < -0.39 is 10.0 Å². The van der Waals surface area contributed by atoms with E-state index >= 15 is 0 Å². The zero-order chi connectivity index (χ0) is 24.6. The lowest BCUT2D eigenvalue weighted by Gasteiger charge is -2.34. The van der Waals surface area contributed by atoms with Gasteiger partial charge in [0, 0.05) is 6.54 Å². The topological polar surface area (TPSA) is 89.4 Å². The van der Waals surface area contributed by atoms with E-state index in [0.717, 1.165) is 32.7 Å². The van der Waals surface area contributed by atoms with Crippen molar-refractivity contribution < 1.29 is 27.6 Å². The van der Waals surface area contributed by atoms with Crippen molar-refractivity contribution in [2.45, 2.75) is 52.1 Å². The smallest absolute Gasteiger partial charge is 0.278 e. The molecule has 1 amide bonds. The third-order valence-corrected chi connectivity index (χ3v) is 9.34. The number of sulfonamides is 1. The van der Waals surface area contributed by atoms with Crippen LogP contribution >= 0.6 is 0 Å². The van der Waals surface area contributed by atoms with Gasteiger partial charge in [-0.3, -0.25) is 4.79 Å². The van der Waals surface area contributed by atoms with Crippen LogP contribution in [0.5, 0.6) is 11.5 Å². The van der Waals surface area contributed by atoms with Crippen LogP contribution in [-0.4, -0.2) is 57.6 Å². The van der Waals surface area contributed by atoms with Gasteiger partial charge in [-0.05, 0) is 74.6 Å². The second-order valence-electron chi connectivity index (χ2n) is 9.28. The molecule has 2 aromatic rings. The molecule has 1 saturated heterocycles. The van der Waals surface area contributed by atoms with Gasteiger partial charge >= 0.3 is 0 Å². The molecule has 0 radical (unpaired) electrons. The number of rotatable bonds is 6. The molecule has 2 N–H and O–H groups in total. The second-order valence-corrected chi connectivity index (χ2v) is 11.2. The van der Waals surface area contributed by atoms with Gasteiger partial charge in [0.05, 0.1) is 31.1 Å². The first-order valence-electron chi connectivity index (χ1n) is 11.7. The van der Waals surface area contributed by atoms with Gasteiger partial charge in [-0.25, -0.2) is 8.42 Å². The summed E-state index contributed by atoms with van der Waals surface area (Å²) in [7, 11) is -3.59. The number of quaternary nitrogens is 1. The van der Waals surface area contributed by atoms with Gasteiger partial charge < -0.3 is 19.7 Å². The number of hydrogen-bond donors (Lipinski definition) is 2. The van der Waals surface area contributed by atoms with Crippen molar-refractivity contribution in [3.63, 3.8) is 0 Å². The van der Waals surface area contributed by atoms with E-state index in [1.165, 1.54) is 0 Å². The number of nitrogens with one attached hydrogen (secondary N) is 2. The number of ether oxygens (including phenoxy) is 2. The normalized spacial score (nSPS) is 17.6. The molecule has 4 rings (SSSR count). The van der Waals surface area contributed by atoms with Gasteiger partial charge in [0.1, 0.15) is 0 Å². The van der Waals surface area contributed by atoms with Gasteiger partial charge in [-0.15, -0.1) is 0 Å². The Morgan fingerprint density at radius 1 is 1.03 bits per heavy atom. The van der Waals surface area contributed by atoms with Gasteiger partial charge in [0.15, 0.2) is 17.5 Å². The highest BCUT2D eigenvalue weighted by atomic mass is 32.2. The molecule has 0 unspecified atom stereocenters. The lowest BCUT2D eigenvalue weighted by Crippen LogP contribution is -3.19. The molecule has 9 heteroatoms. The molecular weight excluding hydrogens is 454 g/mol. The van der Waals surface area contributed by atoms with Gasteiger partial charge in [0.2, 0.25) is 16.8 Å². The number of hydrogen-bond acceptors (Lipinski definition) is 5. The maximum atomic E-state index is 13.5. The lowest BCUT2D eigenvalue weighted by atomic mass is 10.0. The standard InChI is InChI=1S/C25H33N3O5S/c1-16-12-17(2)19(4)24(18(16)3)34(30,31)28-10-8-27(9-11-28)20(5)25(29)26-14-21-6-7-22-23(13-21)33-15-32-22/h6-7,12-13,20H,8-11,14-15H2,1-5H3,(H,26,29)/p+1/t20-/m1/s1. The fourth-order valence-electron chi connectivity index (χ4n) is 4.72. The van der Waals surface area contributed by atoms with Crippen LogP contribution in [0.25, 0.3) is 0 Å². The molecule has 0 spiro atoms. The fraction of sp³-hybridized carbons (Fsp3) is 0.480. The number of aryl methyl sites for hydroxylation is 2. The molecule has 34 heavy (non-hydrogen) atoms. The molecule has 0 bridgehead atoms. The molecule has 2 aromatic carbocycles. The summed E-state index contributed by atoms with van der Waals surface area (Å²) in [6.45, 7) is 12.1. The Hall–Kier alpha value is -2.62. The number of piperazine rings is 1. The number of amides is 1. The van der Waals surface area contributed by atoms with E-state index in [-0.39, 0.29) is 18.7 Å². The predicted octanol–water partition coefficient (Wildman–Crippen LogP) is 1.24. The first-order chi connectivity index (χ1) is 16.1. The second kappa shape index (κ2) is 9.56. The fourth-order valence-corrected chi connectivity index (χ4v) is 6.74. The van der Waals surface area contributed by atoms with E-state index in [0.29, 0.717) is 49.1 Å². The zero-order valence-corrected chi connectivity index (χ0v) is 21.3. The first kappa shape index (κ1) is 24.5. The zero-order valence-electron chi connectivity index (χ0n) is 20.5. The van der Waals surface area contributed by atoms with E-state index in [2.05, 4.69) is 5.32 Å². The quantitative estimate of drug-likeness (QED) is 0.639. The highest BCUT2D eigenvalue weighted by molar-refractivity contribution is 7.89. The van der Waals surface area contributed by atoms with Crippen molar-refractivity contribution in [2.24, 2.45) is 0 Å². The Morgan fingerprint density at radius 2 is 1.65 bits per heavy atom. The average molecular weight is 489 g/mol. The van der Waals surface area contributed by atoms with Gasteiger partial charge in [-0.2, -0.15) is 4.31 Å². The van der Waals surface area contributed by atoms with Crippen molar-refractivity contribution >= 4 is 15.9 Å². The maximum absolute atomic E-state index is 13.5. The summed E-state index contributed by atoms with van der Waals surface area (Å²) >= 11 is 0. The average Bonchev–Trinajstić information content (AvgIpc) is 3.29. The summed E-state index contributed by atoms with van der Waals surface area (Å²) in [5.41, 5.74) is 4.54. The van der Waals surface area contributed by atoms with Crippen LogP contribution in [0.2, 0.25) is 0 Å². The van der Waals surface area contributed by atoms with Crippen LogP contribution in [0.1, 0.15) is 34.7 Å². The molecule has 1 atom stereocenters. The minimum atomic E-state index is -3.59. The van der Waals surface area contributed by atoms with E-state index in [1.54, 1.807) is 4.31 Å². The minimum Gasteiger partial charge on any atom is -0.454 e. The van der Waals surface area contributed by atoms with Crippen LogP contribution in [0, 0.1) is 27.7 Å². The molecule has 1 fully saturated rings. The Kier molecular flexibility index (Phi) is 6.89. The molecule has 184 valence electrons. The first-order valence-corrected chi connectivity index (χ1v) is 13.1. The van der Waals surface area contributed by atoms with Crippen molar-refractivity contribution in [1.29, 1.82) is 0 Å². The van der Waals surface area contributed by atoms with Crippen molar-refractivity contribution in [3.05, 3.63) is 52.1 Å². The monoisotopic (exact) mass is 488 g/mol. The maximum Gasteiger partial charge on any atom is 0.278 e. The van der Waals surface area contributed by atoms with E-state index in [9.17, 15) is 13.2 Å². The third-order valence-electron chi connectivity index (χ3n) is 7.17. The third kappa shape index (κ3) is 4.64. The Labute approximate surface area is 201 Å². The van der Waals surface area contributed by atoms with Crippen LogP contribution in [-0.2, 0) is 21.4 Å². The number of nitrogens with zero attached hydrogens (tertiary/aromatic N) is 1. The van der Waals surface area contributed by atoms with E-state index in [4.69, 9.17) is 9.47 Å². The lowest BCUT2D eigenvalue weighted by molar-refractivity contribution is -0.917. The van der Waals surface area contributed by atoms with Crippen LogP contribution in [0.3, 0.4) is 0 Å². The summed E-state index contributed by atoms with van der Waals surface area (Å²) in [5, 5.41) is 2.99. The summed E-state index contributed by atoms with van der Waals surface area (Å²) < 4.78 is 39.3.